The van der Waals surface area contributed by atoms with Crippen LogP contribution in [0.1, 0.15) is 20.8 Å². The number of nitrogens with zero attached hydrogens (tertiary/aromatic N) is 1. The molecule has 0 spiro atoms. The molecule has 2 aromatic rings. The van der Waals surface area contributed by atoms with E-state index in [0.717, 1.165) is 0 Å². The summed E-state index contributed by atoms with van der Waals surface area (Å²) in [5.74, 6) is -0.304. The van der Waals surface area contributed by atoms with Crippen LogP contribution in [0.3, 0.4) is 0 Å². The van der Waals surface area contributed by atoms with Gasteiger partial charge in [0, 0.05) is 0 Å². The Labute approximate surface area is 178 Å². The maximum atomic E-state index is 12.9. The lowest BCUT2D eigenvalue weighted by atomic mass is 10.2. The molecule has 0 aliphatic rings. The Morgan fingerprint density at radius 1 is 1.10 bits per heavy atom. The molecule has 0 heterocycles. The van der Waals surface area contributed by atoms with Crippen LogP contribution in [0.15, 0.2) is 36.4 Å². The standard InChI is InChI=1S/C18H21Cl2N2O6P/c1-4-26-29(25,27-5-2)12(3)21-14-8-6-7-9-15(14)28-16-11-10-13(19)18(17(16)20)22(23)24/h6-12,21H,4-5H2,1-3H3. The first kappa shape index (κ1) is 23.4. The van der Waals surface area contributed by atoms with Gasteiger partial charge in [0.15, 0.2) is 16.5 Å². The van der Waals surface area contributed by atoms with Gasteiger partial charge in [-0.25, -0.2) is 0 Å². The molecule has 0 bridgehead atoms. The topological polar surface area (TPSA) is 99.9 Å². The first-order chi connectivity index (χ1) is 13.7. The molecule has 0 saturated heterocycles. The summed E-state index contributed by atoms with van der Waals surface area (Å²) < 4.78 is 29.4. The monoisotopic (exact) mass is 462 g/mol. The van der Waals surface area contributed by atoms with Crippen molar-refractivity contribution in [2.75, 3.05) is 18.5 Å². The van der Waals surface area contributed by atoms with Gasteiger partial charge in [0.05, 0.1) is 23.8 Å². The number of rotatable bonds is 10. The first-order valence-electron chi connectivity index (χ1n) is 8.78. The second-order valence-electron chi connectivity index (χ2n) is 5.76. The Bertz CT molecular complexity index is 917. The Morgan fingerprint density at radius 3 is 2.31 bits per heavy atom. The maximum absolute atomic E-state index is 12.9. The van der Waals surface area contributed by atoms with Gasteiger partial charge in [-0.3, -0.25) is 14.7 Å². The first-order valence-corrected chi connectivity index (χ1v) is 11.1. The zero-order valence-electron chi connectivity index (χ0n) is 16.1. The molecule has 2 rings (SSSR count). The molecule has 0 amide bonds. The number of benzene rings is 2. The molecular formula is C18H21Cl2N2O6P. The molecule has 0 aromatic heterocycles. The number of hydrogen-bond donors (Lipinski definition) is 1. The lowest BCUT2D eigenvalue weighted by molar-refractivity contribution is -0.384. The summed E-state index contributed by atoms with van der Waals surface area (Å²) in [6, 6.07) is 9.57. The zero-order chi connectivity index (χ0) is 21.6. The van der Waals surface area contributed by atoms with E-state index in [0.29, 0.717) is 11.4 Å². The summed E-state index contributed by atoms with van der Waals surface area (Å²) in [6.45, 7) is 5.58. The van der Waals surface area contributed by atoms with Crippen molar-refractivity contribution in [3.05, 3.63) is 56.6 Å². The predicted molar refractivity (Wildman–Crippen MR) is 114 cm³/mol. The van der Waals surface area contributed by atoms with Crippen molar-refractivity contribution in [1.29, 1.82) is 0 Å². The van der Waals surface area contributed by atoms with Crippen LogP contribution in [0, 0.1) is 10.1 Å². The lowest BCUT2D eigenvalue weighted by Gasteiger charge is -2.25. The SMILES string of the molecule is CCOP(=O)(OCC)C(C)Nc1ccccc1Oc1ccc(Cl)c([N+](=O)[O-])c1Cl. The largest absolute Gasteiger partial charge is 0.453 e. The quantitative estimate of drug-likeness (QED) is 0.237. The normalized spacial score (nSPS) is 12.4. The predicted octanol–water partition coefficient (Wildman–Crippen LogP) is 6.72. The van der Waals surface area contributed by atoms with E-state index in [2.05, 4.69) is 5.32 Å². The van der Waals surface area contributed by atoms with Gasteiger partial charge >= 0.3 is 13.3 Å². The van der Waals surface area contributed by atoms with Gasteiger partial charge in [0.2, 0.25) is 0 Å². The van der Waals surface area contributed by atoms with E-state index in [1.807, 2.05) is 0 Å². The highest BCUT2D eigenvalue weighted by atomic mass is 35.5. The van der Waals surface area contributed by atoms with Gasteiger partial charge in [-0.1, -0.05) is 35.3 Å². The second-order valence-corrected chi connectivity index (χ2v) is 8.91. The Morgan fingerprint density at radius 2 is 1.72 bits per heavy atom. The molecule has 1 unspecified atom stereocenters. The number of halogens is 2. The van der Waals surface area contributed by atoms with Crippen molar-refractivity contribution in [1.82, 2.24) is 0 Å². The minimum Gasteiger partial charge on any atom is -0.453 e. The fraction of sp³-hybridized carbons (Fsp3) is 0.333. The number of nitro groups is 1. The fourth-order valence-corrected chi connectivity index (χ4v) is 4.57. The van der Waals surface area contributed by atoms with Crippen molar-refractivity contribution in [3.8, 4) is 11.5 Å². The molecular weight excluding hydrogens is 442 g/mol. The van der Waals surface area contributed by atoms with Gasteiger partial charge in [-0.05, 0) is 45.0 Å². The van der Waals surface area contributed by atoms with Crippen LogP contribution >= 0.6 is 30.8 Å². The van der Waals surface area contributed by atoms with Crippen molar-refractivity contribution >= 4 is 42.2 Å². The van der Waals surface area contributed by atoms with Gasteiger partial charge in [-0.2, -0.15) is 0 Å². The van der Waals surface area contributed by atoms with E-state index in [1.54, 1.807) is 45.0 Å². The van der Waals surface area contributed by atoms with Crippen LogP contribution < -0.4 is 10.1 Å². The Balaban J connectivity index is 2.34. The van der Waals surface area contributed by atoms with E-state index < -0.39 is 24.0 Å². The summed E-state index contributed by atoms with van der Waals surface area (Å²) in [7, 11) is -3.41. The van der Waals surface area contributed by atoms with Crippen molar-refractivity contribution in [3.63, 3.8) is 0 Å². The van der Waals surface area contributed by atoms with Crippen molar-refractivity contribution in [2.45, 2.75) is 26.6 Å². The molecule has 2 aromatic carbocycles. The average Bonchev–Trinajstić information content (AvgIpc) is 2.65. The summed E-state index contributed by atoms with van der Waals surface area (Å²) in [6.07, 6.45) is 0. The molecule has 0 saturated carbocycles. The number of para-hydroxylation sites is 2. The van der Waals surface area contributed by atoms with Crippen LogP contribution in [0.4, 0.5) is 11.4 Å². The number of anilines is 1. The molecule has 0 aliphatic carbocycles. The van der Waals surface area contributed by atoms with Gasteiger partial charge in [-0.15, -0.1) is 0 Å². The molecule has 0 aliphatic heterocycles. The molecule has 0 radical (unpaired) electrons. The summed E-state index contributed by atoms with van der Waals surface area (Å²) in [5.41, 5.74) is 0.0372. The highest BCUT2D eigenvalue weighted by Crippen LogP contribution is 2.53. The second kappa shape index (κ2) is 10.3. The Hall–Kier alpha value is -1.83. The molecule has 0 fully saturated rings. The number of nitro benzene ring substituents is 1. The molecule has 1 N–H and O–H groups in total. The number of ether oxygens (including phenoxy) is 1. The summed E-state index contributed by atoms with van der Waals surface area (Å²) in [5, 5.41) is 14.0. The summed E-state index contributed by atoms with van der Waals surface area (Å²) in [4.78, 5) is 10.5. The maximum Gasteiger partial charge on any atom is 0.352 e. The highest BCUT2D eigenvalue weighted by Gasteiger charge is 2.32. The van der Waals surface area contributed by atoms with E-state index in [9.17, 15) is 14.7 Å². The minimum atomic E-state index is -3.41. The van der Waals surface area contributed by atoms with E-state index in [-0.39, 0.29) is 29.0 Å². The average molecular weight is 463 g/mol. The third-order valence-corrected chi connectivity index (χ3v) is 6.76. The number of nitrogens with one attached hydrogen (secondary N) is 1. The van der Waals surface area contributed by atoms with Crippen LogP contribution in [0.5, 0.6) is 11.5 Å². The molecule has 1 atom stereocenters. The van der Waals surface area contributed by atoms with Crippen molar-refractivity contribution < 1.29 is 23.3 Å². The van der Waals surface area contributed by atoms with Gasteiger partial charge in [0.1, 0.15) is 10.8 Å². The minimum absolute atomic E-state index is 0.0578. The molecule has 11 heteroatoms. The van der Waals surface area contributed by atoms with Crippen LogP contribution in [0.25, 0.3) is 0 Å². The van der Waals surface area contributed by atoms with E-state index in [1.165, 1.54) is 12.1 Å². The smallest absolute Gasteiger partial charge is 0.352 e. The molecule has 158 valence electrons. The fourth-order valence-electron chi connectivity index (χ4n) is 2.49. The van der Waals surface area contributed by atoms with Gasteiger partial charge < -0.3 is 19.1 Å². The third kappa shape index (κ3) is 5.62. The Kier molecular flexibility index (Phi) is 8.31. The summed E-state index contributed by atoms with van der Waals surface area (Å²) >= 11 is 12.0. The number of hydrogen-bond acceptors (Lipinski definition) is 7. The van der Waals surface area contributed by atoms with Crippen LogP contribution in [-0.2, 0) is 13.6 Å². The van der Waals surface area contributed by atoms with Crippen LogP contribution in [-0.4, -0.2) is 23.9 Å². The van der Waals surface area contributed by atoms with Gasteiger partial charge in [0.25, 0.3) is 0 Å². The molecule has 8 nitrogen and oxygen atoms in total. The molecule has 29 heavy (non-hydrogen) atoms. The van der Waals surface area contributed by atoms with E-state index in [4.69, 9.17) is 37.0 Å². The third-order valence-electron chi connectivity index (χ3n) is 3.78. The lowest BCUT2D eigenvalue weighted by Crippen LogP contribution is -2.19. The van der Waals surface area contributed by atoms with Crippen LogP contribution in [0.2, 0.25) is 10.0 Å². The highest BCUT2D eigenvalue weighted by molar-refractivity contribution is 7.54. The van der Waals surface area contributed by atoms with Crippen molar-refractivity contribution in [2.24, 2.45) is 0 Å². The van der Waals surface area contributed by atoms with E-state index >= 15 is 0 Å². The zero-order valence-corrected chi connectivity index (χ0v) is 18.5.